The van der Waals surface area contributed by atoms with Crippen LogP contribution in [0.1, 0.15) is 52.1 Å². The van der Waals surface area contributed by atoms with Gasteiger partial charge in [0, 0.05) is 25.9 Å². The monoisotopic (exact) mass is 280 g/mol. The van der Waals surface area contributed by atoms with E-state index >= 15 is 0 Å². The summed E-state index contributed by atoms with van der Waals surface area (Å²) in [6.45, 7) is 10.8. The van der Waals surface area contributed by atoms with Gasteiger partial charge in [0.05, 0.1) is 12.3 Å². The number of nitrogens with zero attached hydrogens (tertiary/aromatic N) is 1. The van der Waals surface area contributed by atoms with Gasteiger partial charge in [-0.05, 0) is 32.9 Å². The average Bonchev–Trinajstić information content (AvgIpc) is 2.33. The first kappa shape index (κ1) is 15.2. The van der Waals surface area contributed by atoms with E-state index in [1.807, 2.05) is 19.9 Å². The molecule has 2 rings (SSSR count). The molecule has 1 aliphatic rings. The van der Waals surface area contributed by atoms with Crippen molar-refractivity contribution < 1.29 is 14.6 Å². The van der Waals surface area contributed by atoms with Gasteiger partial charge in [0.25, 0.3) is 0 Å². The highest BCUT2D eigenvalue weighted by Crippen LogP contribution is 2.30. The van der Waals surface area contributed by atoms with Gasteiger partial charge in [-0.3, -0.25) is 0 Å². The molecule has 0 amide bonds. The predicted molar refractivity (Wildman–Crippen MR) is 76.4 cm³/mol. The Labute approximate surface area is 120 Å². The van der Waals surface area contributed by atoms with E-state index in [1.165, 1.54) is 0 Å². The third-order valence-corrected chi connectivity index (χ3v) is 3.03. The molecule has 0 radical (unpaired) electrons. The van der Waals surface area contributed by atoms with Gasteiger partial charge in [-0.25, -0.2) is 4.98 Å². The predicted octanol–water partition coefficient (Wildman–Crippen LogP) is 2.15. The second-order valence-corrected chi connectivity index (χ2v) is 6.62. The van der Waals surface area contributed by atoms with Crippen molar-refractivity contribution in [3.8, 4) is 5.75 Å². The quantitative estimate of drug-likeness (QED) is 0.888. The van der Waals surface area contributed by atoms with Crippen molar-refractivity contribution in [2.24, 2.45) is 0 Å². The molecule has 112 valence electrons. The summed E-state index contributed by atoms with van der Waals surface area (Å²) < 4.78 is 11.2. The summed E-state index contributed by atoms with van der Waals surface area (Å²) >= 11 is 0. The van der Waals surface area contributed by atoms with E-state index in [4.69, 9.17) is 9.47 Å². The molecule has 0 spiro atoms. The molecule has 0 fully saturated rings. The van der Waals surface area contributed by atoms with Crippen LogP contribution in [-0.4, -0.2) is 28.0 Å². The topological polar surface area (TPSA) is 63.6 Å². The van der Waals surface area contributed by atoms with Gasteiger partial charge in [0.1, 0.15) is 17.5 Å². The summed E-state index contributed by atoms with van der Waals surface area (Å²) in [6, 6.07) is 3.65. The SMILES string of the molecule is CC(C)(C)NCC(O)c1ccc2c(n1)COC(C)(C)O2. The summed E-state index contributed by atoms with van der Waals surface area (Å²) in [5.74, 6) is 0.101. The van der Waals surface area contributed by atoms with Crippen LogP contribution < -0.4 is 10.1 Å². The van der Waals surface area contributed by atoms with Crippen LogP contribution in [0.25, 0.3) is 0 Å². The Morgan fingerprint density at radius 1 is 1.40 bits per heavy atom. The molecule has 0 bridgehead atoms. The maximum atomic E-state index is 10.2. The van der Waals surface area contributed by atoms with Gasteiger partial charge in [0.2, 0.25) is 5.79 Å². The van der Waals surface area contributed by atoms with E-state index in [0.29, 0.717) is 18.8 Å². The number of β-amino-alcohol motifs (C(OH)–C–C–N with tert-alkyl or cyclic N) is 1. The molecule has 5 nitrogen and oxygen atoms in total. The molecular formula is C15H24N2O3. The molecule has 1 aromatic heterocycles. The van der Waals surface area contributed by atoms with Crippen LogP contribution in [0.5, 0.6) is 5.75 Å². The lowest BCUT2D eigenvalue weighted by atomic mass is 10.1. The Balaban J connectivity index is 2.08. The first-order valence-corrected chi connectivity index (χ1v) is 6.92. The van der Waals surface area contributed by atoms with E-state index in [-0.39, 0.29) is 5.54 Å². The second-order valence-electron chi connectivity index (χ2n) is 6.62. The number of hydrogen-bond donors (Lipinski definition) is 2. The van der Waals surface area contributed by atoms with Crippen LogP contribution in [0, 0.1) is 0 Å². The Bertz CT molecular complexity index is 480. The molecule has 1 aliphatic heterocycles. The highest BCUT2D eigenvalue weighted by molar-refractivity contribution is 5.31. The van der Waals surface area contributed by atoms with Gasteiger partial charge in [0.15, 0.2) is 0 Å². The molecule has 2 N–H and O–H groups in total. The minimum Gasteiger partial charge on any atom is -0.461 e. The standard InChI is InChI=1S/C15H24N2O3/c1-14(2,3)16-8-12(18)10-6-7-13-11(17-10)9-19-15(4,5)20-13/h6-7,12,16,18H,8-9H2,1-5H3. The zero-order valence-electron chi connectivity index (χ0n) is 12.9. The molecule has 1 atom stereocenters. The summed E-state index contributed by atoms with van der Waals surface area (Å²) in [4.78, 5) is 4.44. The van der Waals surface area contributed by atoms with Crippen molar-refractivity contribution in [2.45, 2.75) is 58.7 Å². The first-order chi connectivity index (χ1) is 9.16. The van der Waals surface area contributed by atoms with Gasteiger partial charge in [-0.1, -0.05) is 0 Å². The summed E-state index contributed by atoms with van der Waals surface area (Å²) in [5, 5.41) is 13.4. The third-order valence-electron chi connectivity index (χ3n) is 3.03. The van der Waals surface area contributed by atoms with Gasteiger partial charge in [-0.15, -0.1) is 0 Å². The van der Waals surface area contributed by atoms with Crippen LogP contribution in [-0.2, 0) is 11.3 Å². The molecule has 2 heterocycles. The smallest absolute Gasteiger partial charge is 0.205 e. The zero-order chi connectivity index (χ0) is 15.0. The fraction of sp³-hybridized carbons (Fsp3) is 0.667. The van der Waals surface area contributed by atoms with Crippen LogP contribution in [0.15, 0.2) is 12.1 Å². The van der Waals surface area contributed by atoms with Gasteiger partial charge in [-0.2, -0.15) is 0 Å². The van der Waals surface area contributed by atoms with E-state index in [2.05, 4.69) is 31.1 Å². The second kappa shape index (κ2) is 5.31. The average molecular weight is 280 g/mol. The van der Waals surface area contributed by atoms with Crippen molar-refractivity contribution in [3.05, 3.63) is 23.5 Å². The molecule has 0 saturated heterocycles. The summed E-state index contributed by atoms with van der Waals surface area (Å²) in [6.07, 6.45) is -0.644. The third kappa shape index (κ3) is 3.91. The lowest BCUT2D eigenvalue weighted by Crippen LogP contribution is -2.39. The molecule has 20 heavy (non-hydrogen) atoms. The highest BCUT2D eigenvalue weighted by Gasteiger charge is 2.28. The maximum Gasteiger partial charge on any atom is 0.205 e. The molecule has 0 aliphatic carbocycles. The van der Waals surface area contributed by atoms with Gasteiger partial charge >= 0.3 is 0 Å². The summed E-state index contributed by atoms with van der Waals surface area (Å²) in [5.41, 5.74) is 1.33. The number of aliphatic hydroxyl groups excluding tert-OH is 1. The van der Waals surface area contributed by atoms with Crippen LogP contribution >= 0.6 is 0 Å². The summed E-state index contributed by atoms with van der Waals surface area (Å²) in [7, 11) is 0. The number of rotatable bonds is 3. The largest absolute Gasteiger partial charge is 0.461 e. The van der Waals surface area contributed by atoms with Crippen molar-refractivity contribution in [1.82, 2.24) is 10.3 Å². The number of aromatic nitrogens is 1. The number of nitrogens with one attached hydrogen (secondary N) is 1. The normalized spacial score (nSPS) is 19.1. The fourth-order valence-electron chi connectivity index (χ4n) is 1.93. The minimum absolute atomic E-state index is 0.0363. The number of ether oxygens (including phenoxy) is 2. The van der Waals surface area contributed by atoms with E-state index in [0.717, 1.165) is 11.4 Å². The molecule has 1 unspecified atom stereocenters. The molecule has 1 aromatic rings. The molecular weight excluding hydrogens is 256 g/mol. The Morgan fingerprint density at radius 2 is 2.10 bits per heavy atom. The van der Waals surface area contributed by atoms with E-state index < -0.39 is 11.9 Å². The Hall–Kier alpha value is -1.17. The Morgan fingerprint density at radius 3 is 2.75 bits per heavy atom. The van der Waals surface area contributed by atoms with Crippen LogP contribution in [0.4, 0.5) is 0 Å². The zero-order valence-corrected chi connectivity index (χ0v) is 12.9. The number of aliphatic hydroxyl groups is 1. The number of pyridine rings is 1. The molecule has 5 heteroatoms. The van der Waals surface area contributed by atoms with Crippen LogP contribution in [0.2, 0.25) is 0 Å². The number of fused-ring (bicyclic) bond motifs is 1. The fourth-order valence-corrected chi connectivity index (χ4v) is 1.93. The lowest BCUT2D eigenvalue weighted by molar-refractivity contribution is -0.181. The molecule has 0 aromatic carbocycles. The minimum atomic E-state index is -0.644. The van der Waals surface area contributed by atoms with Crippen molar-refractivity contribution in [2.75, 3.05) is 6.54 Å². The van der Waals surface area contributed by atoms with E-state index in [1.54, 1.807) is 6.07 Å². The van der Waals surface area contributed by atoms with E-state index in [9.17, 15) is 5.11 Å². The van der Waals surface area contributed by atoms with Gasteiger partial charge < -0.3 is 19.9 Å². The molecule has 0 saturated carbocycles. The van der Waals surface area contributed by atoms with Crippen molar-refractivity contribution >= 4 is 0 Å². The van der Waals surface area contributed by atoms with Crippen molar-refractivity contribution in [3.63, 3.8) is 0 Å². The van der Waals surface area contributed by atoms with Crippen molar-refractivity contribution in [1.29, 1.82) is 0 Å². The Kier molecular flexibility index (Phi) is 4.04. The van der Waals surface area contributed by atoms with Crippen LogP contribution in [0.3, 0.4) is 0 Å². The highest BCUT2D eigenvalue weighted by atomic mass is 16.7. The maximum absolute atomic E-state index is 10.2. The number of hydrogen-bond acceptors (Lipinski definition) is 5. The first-order valence-electron chi connectivity index (χ1n) is 6.92. The lowest BCUT2D eigenvalue weighted by Gasteiger charge is -2.32.